The Labute approximate surface area is 171 Å². The van der Waals surface area contributed by atoms with E-state index in [9.17, 15) is 18.0 Å². The minimum atomic E-state index is -3.22. The highest BCUT2D eigenvalue weighted by molar-refractivity contribution is 7.93. The van der Waals surface area contributed by atoms with Crippen LogP contribution in [0.5, 0.6) is 0 Å². The number of hydrogen-bond acceptors (Lipinski definition) is 5. The third-order valence-corrected chi connectivity index (χ3v) is 7.82. The molecule has 1 aliphatic carbocycles. The van der Waals surface area contributed by atoms with Gasteiger partial charge in [-0.1, -0.05) is 0 Å². The number of nitrogens with zero attached hydrogens (tertiary/aromatic N) is 3. The molecule has 2 saturated heterocycles. The molecule has 9 heteroatoms. The van der Waals surface area contributed by atoms with Crippen molar-refractivity contribution >= 4 is 27.5 Å². The summed E-state index contributed by atoms with van der Waals surface area (Å²) in [5.74, 6) is 0.185. The van der Waals surface area contributed by atoms with Crippen LogP contribution >= 0.6 is 0 Å². The van der Waals surface area contributed by atoms with Gasteiger partial charge in [0.15, 0.2) is 0 Å². The molecule has 2 heterocycles. The van der Waals surface area contributed by atoms with E-state index in [0.29, 0.717) is 56.4 Å². The maximum Gasteiger partial charge on any atom is 0.253 e. The Morgan fingerprint density at radius 1 is 1.03 bits per heavy atom. The van der Waals surface area contributed by atoms with Crippen LogP contribution < -0.4 is 9.62 Å². The van der Waals surface area contributed by atoms with E-state index in [1.165, 1.54) is 4.31 Å². The fourth-order valence-corrected chi connectivity index (χ4v) is 5.47. The normalized spacial score (nSPS) is 23.1. The minimum Gasteiger partial charge on any atom is -0.352 e. The van der Waals surface area contributed by atoms with Crippen molar-refractivity contribution < 1.29 is 18.0 Å². The summed E-state index contributed by atoms with van der Waals surface area (Å²) < 4.78 is 25.5. The fourth-order valence-electron chi connectivity index (χ4n) is 3.91. The molecule has 0 radical (unpaired) electrons. The van der Waals surface area contributed by atoms with Crippen LogP contribution in [0.3, 0.4) is 0 Å². The highest BCUT2D eigenvalue weighted by Gasteiger charge is 2.31. The van der Waals surface area contributed by atoms with E-state index in [4.69, 9.17) is 0 Å². The minimum absolute atomic E-state index is 0.0597. The van der Waals surface area contributed by atoms with E-state index in [2.05, 4.69) is 10.2 Å². The van der Waals surface area contributed by atoms with Crippen LogP contribution in [0.2, 0.25) is 0 Å². The third kappa shape index (κ3) is 4.40. The topological polar surface area (TPSA) is 90.0 Å². The number of carbonyl (C=O) groups is 2. The number of hydrogen-bond donors (Lipinski definition) is 1. The summed E-state index contributed by atoms with van der Waals surface area (Å²) in [6.45, 7) is 4.87. The van der Waals surface area contributed by atoms with Crippen LogP contribution in [0.25, 0.3) is 0 Å². The molecule has 8 nitrogen and oxygen atoms in total. The number of piperazine rings is 1. The summed E-state index contributed by atoms with van der Waals surface area (Å²) in [5, 5.41) is 3.04. The van der Waals surface area contributed by atoms with E-state index in [-0.39, 0.29) is 23.6 Å². The Morgan fingerprint density at radius 3 is 2.24 bits per heavy atom. The van der Waals surface area contributed by atoms with E-state index in [1.807, 2.05) is 6.92 Å². The third-order valence-electron chi connectivity index (χ3n) is 5.95. The molecule has 0 spiro atoms. The molecule has 1 aromatic rings. The number of nitrogens with one attached hydrogen (secondary N) is 1. The number of carbonyl (C=O) groups excluding carboxylic acids is 2. The summed E-state index contributed by atoms with van der Waals surface area (Å²) in [4.78, 5) is 29.0. The molecule has 0 bridgehead atoms. The number of benzene rings is 1. The first-order chi connectivity index (χ1) is 13.8. The predicted octanol–water partition coefficient (Wildman–Crippen LogP) is 0.651. The van der Waals surface area contributed by atoms with E-state index >= 15 is 0 Å². The zero-order valence-corrected chi connectivity index (χ0v) is 17.5. The average molecular weight is 421 g/mol. The van der Waals surface area contributed by atoms with E-state index in [0.717, 1.165) is 12.8 Å². The van der Waals surface area contributed by atoms with Crippen LogP contribution in [-0.4, -0.2) is 80.6 Å². The SMILES string of the molecule is CC(C(=O)NC1CC1)N1CCN(C(=O)c2ccc(N3CCCS3(=O)=O)cc2)CC1. The maximum absolute atomic E-state index is 12.8. The first kappa shape index (κ1) is 20.2. The van der Waals surface area contributed by atoms with Crippen molar-refractivity contribution in [2.45, 2.75) is 38.3 Å². The smallest absolute Gasteiger partial charge is 0.253 e. The van der Waals surface area contributed by atoms with Crippen LogP contribution in [0, 0.1) is 0 Å². The van der Waals surface area contributed by atoms with Gasteiger partial charge in [-0.3, -0.25) is 18.8 Å². The molecule has 0 aromatic heterocycles. The molecule has 1 saturated carbocycles. The molecular weight excluding hydrogens is 392 g/mol. The number of sulfonamides is 1. The fraction of sp³-hybridized carbons (Fsp3) is 0.600. The lowest BCUT2D eigenvalue weighted by Gasteiger charge is -2.37. The van der Waals surface area contributed by atoms with E-state index < -0.39 is 10.0 Å². The Morgan fingerprint density at radius 2 is 1.69 bits per heavy atom. The van der Waals surface area contributed by atoms with E-state index in [1.54, 1.807) is 29.2 Å². The standard InChI is InChI=1S/C20H28N4O4S/c1-15(19(25)21-17-5-6-17)22-10-12-23(13-11-22)20(26)16-3-7-18(8-4-16)24-9-2-14-29(24,27)28/h3-4,7-8,15,17H,2,5-6,9-14H2,1H3,(H,21,25). The lowest BCUT2D eigenvalue weighted by atomic mass is 10.1. The molecule has 3 fully saturated rings. The van der Waals surface area contributed by atoms with Gasteiger partial charge in [-0.15, -0.1) is 0 Å². The summed E-state index contributed by atoms with van der Waals surface area (Å²) in [7, 11) is -3.22. The zero-order chi connectivity index (χ0) is 20.6. The largest absolute Gasteiger partial charge is 0.352 e. The average Bonchev–Trinajstić information content (AvgIpc) is 3.47. The van der Waals surface area contributed by atoms with Gasteiger partial charge in [-0.25, -0.2) is 8.42 Å². The molecular formula is C20H28N4O4S. The molecule has 1 unspecified atom stereocenters. The van der Waals surface area contributed by atoms with Gasteiger partial charge < -0.3 is 10.2 Å². The monoisotopic (exact) mass is 420 g/mol. The Bertz CT molecular complexity index is 874. The summed E-state index contributed by atoms with van der Waals surface area (Å²) in [6.07, 6.45) is 2.77. The van der Waals surface area contributed by atoms with Gasteiger partial charge in [0.1, 0.15) is 0 Å². The van der Waals surface area contributed by atoms with Crippen LogP contribution in [0.4, 0.5) is 5.69 Å². The Kier molecular flexibility index (Phi) is 5.52. The highest BCUT2D eigenvalue weighted by atomic mass is 32.2. The number of amides is 2. The summed E-state index contributed by atoms with van der Waals surface area (Å²) >= 11 is 0. The van der Waals surface area contributed by atoms with Crippen molar-refractivity contribution in [3.8, 4) is 0 Å². The zero-order valence-electron chi connectivity index (χ0n) is 16.7. The molecule has 3 aliphatic rings. The van der Waals surface area contributed by atoms with Gasteiger partial charge in [-0.2, -0.15) is 0 Å². The summed E-state index contributed by atoms with van der Waals surface area (Å²) in [6, 6.07) is 6.97. The van der Waals surface area contributed by atoms with Gasteiger partial charge in [0.2, 0.25) is 15.9 Å². The Hall–Kier alpha value is -2.13. The molecule has 1 aromatic carbocycles. The van der Waals surface area contributed by atoms with Crippen LogP contribution in [0.15, 0.2) is 24.3 Å². The van der Waals surface area contributed by atoms with Crippen molar-refractivity contribution in [3.63, 3.8) is 0 Å². The molecule has 29 heavy (non-hydrogen) atoms. The quantitative estimate of drug-likeness (QED) is 0.756. The van der Waals surface area contributed by atoms with Crippen molar-refractivity contribution in [1.29, 1.82) is 0 Å². The van der Waals surface area contributed by atoms with Crippen molar-refractivity contribution in [1.82, 2.24) is 15.1 Å². The number of anilines is 1. The lowest BCUT2D eigenvalue weighted by Crippen LogP contribution is -2.55. The second-order valence-electron chi connectivity index (χ2n) is 8.08. The van der Waals surface area contributed by atoms with Crippen molar-refractivity contribution in [2.24, 2.45) is 0 Å². The van der Waals surface area contributed by atoms with Gasteiger partial charge in [-0.05, 0) is 50.5 Å². The molecule has 4 rings (SSSR count). The maximum atomic E-state index is 12.8. The molecule has 2 amide bonds. The highest BCUT2D eigenvalue weighted by Crippen LogP contribution is 2.25. The van der Waals surface area contributed by atoms with Gasteiger partial charge >= 0.3 is 0 Å². The predicted molar refractivity (Wildman–Crippen MR) is 110 cm³/mol. The first-order valence-corrected chi connectivity index (χ1v) is 11.9. The number of rotatable bonds is 5. The molecule has 1 N–H and O–H groups in total. The molecule has 158 valence electrons. The van der Waals surface area contributed by atoms with Gasteiger partial charge in [0.05, 0.1) is 17.5 Å². The summed E-state index contributed by atoms with van der Waals surface area (Å²) in [5.41, 5.74) is 1.16. The van der Waals surface area contributed by atoms with Crippen LogP contribution in [0.1, 0.15) is 36.5 Å². The van der Waals surface area contributed by atoms with Gasteiger partial charge in [0, 0.05) is 44.3 Å². The Balaban J connectivity index is 1.33. The second-order valence-corrected chi connectivity index (χ2v) is 10.1. The first-order valence-electron chi connectivity index (χ1n) is 10.3. The van der Waals surface area contributed by atoms with Gasteiger partial charge in [0.25, 0.3) is 5.91 Å². The molecule has 2 aliphatic heterocycles. The lowest BCUT2D eigenvalue weighted by molar-refractivity contribution is -0.126. The second kappa shape index (κ2) is 7.95. The van der Waals surface area contributed by atoms with Crippen molar-refractivity contribution in [2.75, 3.05) is 42.8 Å². The van der Waals surface area contributed by atoms with Crippen LogP contribution in [-0.2, 0) is 14.8 Å². The molecule has 1 atom stereocenters. The van der Waals surface area contributed by atoms with Crippen molar-refractivity contribution in [3.05, 3.63) is 29.8 Å².